The van der Waals surface area contributed by atoms with Crippen molar-refractivity contribution < 1.29 is 14.3 Å². The number of rotatable bonds is 5. The minimum atomic E-state index is -0.107. The number of aromatic nitrogens is 3. The Bertz CT molecular complexity index is 804. The maximum atomic E-state index is 12.6. The molecule has 3 rings (SSSR count). The molecular weight excluding hydrogens is 346 g/mol. The molecule has 0 radical (unpaired) electrons. The molecule has 2 heterocycles. The molecule has 1 aromatic carbocycles. The lowest BCUT2D eigenvalue weighted by Gasteiger charge is -2.20. The molecule has 1 fully saturated rings. The lowest BCUT2D eigenvalue weighted by molar-refractivity contribution is -0.121. The molecule has 0 spiro atoms. The van der Waals surface area contributed by atoms with E-state index in [9.17, 15) is 9.59 Å². The van der Waals surface area contributed by atoms with E-state index < -0.39 is 0 Å². The number of benzene rings is 1. The predicted molar refractivity (Wildman–Crippen MR) is 99.5 cm³/mol. The number of carbonyl (C=O) groups excluding carboxylic acids is 2. The first kappa shape index (κ1) is 18.9. The number of methoxy groups -OCH3 is 1. The quantitative estimate of drug-likeness (QED) is 0.829. The van der Waals surface area contributed by atoms with Crippen LogP contribution < -0.4 is 10.1 Å². The molecule has 2 N–H and O–H groups in total. The van der Waals surface area contributed by atoms with Gasteiger partial charge in [0.2, 0.25) is 5.91 Å². The second kappa shape index (κ2) is 8.66. The molecule has 0 bridgehead atoms. The van der Waals surface area contributed by atoms with Gasteiger partial charge in [-0.15, -0.1) is 0 Å². The van der Waals surface area contributed by atoms with E-state index in [-0.39, 0.29) is 17.9 Å². The van der Waals surface area contributed by atoms with Crippen LogP contribution in [0.4, 0.5) is 0 Å². The summed E-state index contributed by atoms with van der Waals surface area (Å²) >= 11 is 0. The number of aryl methyl sites for hydroxylation is 1. The van der Waals surface area contributed by atoms with Gasteiger partial charge < -0.3 is 15.0 Å². The van der Waals surface area contributed by atoms with Crippen LogP contribution >= 0.6 is 0 Å². The van der Waals surface area contributed by atoms with Crippen molar-refractivity contribution in [2.24, 2.45) is 0 Å². The maximum absolute atomic E-state index is 12.6. The van der Waals surface area contributed by atoms with Crippen molar-refractivity contribution in [3.63, 3.8) is 0 Å². The van der Waals surface area contributed by atoms with Crippen molar-refractivity contribution >= 4 is 11.8 Å². The van der Waals surface area contributed by atoms with Crippen LogP contribution in [-0.4, -0.2) is 58.4 Å². The summed E-state index contributed by atoms with van der Waals surface area (Å²) in [7, 11) is 1.61. The van der Waals surface area contributed by atoms with Crippen LogP contribution in [0.2, 0.25) is 0 Å². The number of ether oxygens (including phenoxy) is 1. The smallest absolute Gasteiger partial charge is 0.276 e. The first-order chi connectivity index (χ1) is 13.1. The number of likely N-dealkylation sites (tertiary alicyclic amines) is 1. The second-order valence-corrected chi connectivity index (χ2v) is 6.77. The summed E-state index contributed by atoms with van der Waals surface area (Å²) in [6.45, 7) is 3.01. The Balaban J connectivity index is 1.52. The average molecular weight is 371 g/mol. The topological polar surface area (TPSA) is 100 Å². The van der Waals surface area contributed by atoms with Gasteiger partial charge in [0, 0.05) is 19.1 Å². The van der Waals surface area contributed by atoms with Gasteiger partial charge in [-0.05, 0) is 43.9 Å². The normalized spacial score (nSPS) is 17.3. The number of nitrogens with one attached hydrogen (secondary N) is 2. The number of hydrogen-bond donors (Lipinski definition) is 2. The van der Waals surface area contributed by atoms with Crippen molar-refractivity contribution in [2.75, 3.05) is 20.2 Å². The Morgan fingerprint density at radius 2 is 2.15 bits per heavy atom. The molecule has 8 nitrogen and oxygen atoms in total. The molecule has 2 amide bonds. The van der Waals surface area contributed by atoms with Crippen LogP contribution in [-0.2, 0) is 11.2 Å². The van der Waals surface area contributed by atoms with Crippen LogP contribution in [0.1, 0.15) is 41.0 Å². The Hall–Kier alpha value is -2.90. The first-order valence-corrected chi connectivity index (χ1v) is 9.15. The van der Waals surface area contributed by atoms with Crippen molar-refractivity contribution in [1.82, 2.24) is 25.6 Å². The molecule has 27 heavy (non-hydrogen) atoms. The van der Waals surface area contributed by atoms with E-state index >= 15 is 0 Å². The predicted octanol–water partition coefficient (Wildman–Crippen LogP) is 1.48. The highest BCUT2D eigenvalue weighted by molar-refractivity contribution is 5.93. The summed E-state index contributed by atoms with van der Waals surface area (Å²) in [5.41, 5.74) is 1.89. The van der Waals surface area contributed by atoms with Crippen LogP contribution in [0.5, 0.6) is 5.75 Å². The fourth-order valence-corrected chi connectivity index (χ4v) is 3.33. The molecule has 1 aromatic heterocycles. The van der Waals surface area contributed by atoms with Crippen LogP contribution in [0.25, 0.3) is 0 Å². The van der Waals surface area contributed by atoms with Gasteiger partial charge in [-0.25, -0.2) is 0 Å². The Morgan fingerprint density at radius 3 is 2.89 bits per heavy atom. The van der Waals surface area contributed by atoms with E-state index in [1.165, 1.54) is 0 Å². The highest BCUT2D eigenvalue weighted by Gasteiger charge is 2.25. The minimum Gasteiger partial charge on any atom is -0.497 e. The van der Waals surface area contributed by atoms with Gasteiger partial charge in [0.1, 0.15) is 5.75 Å². The molecule has 1 saturated heterocycles. The fraction of sp³-hybridized carbons (Fsp3) is 0.474. The molecule has 144 valence electrons. The highest BCUT2D eigenvalue weighted by atomic mass is 16.5. The zero-order valence-corrected chi connectivity index (χ0v) is 15.7. The minimum absolute atomic E-state index is 0.0135. The first-order valence-electron chi connectivity index (χ1n) is 9.15. The van der Waals surface area contributed by atoms with Crippen molar-refractivity contribution in [3.05, 3.63) is 41.2 Å². The number of H-pyrrole nitrogens is 1. The standard InChI is InChI=1S/C19H25N5O3/c1-13-18(22-23-21-13)19(26)24-9-4-6-15(8-10-24)20-17(25)12-14-5-3-7-16(11-14)27-2/h3,5,7,11,15H,4,6,8-10,12H2,1-2H3,(H,20,25)(H,21,22,23). The number of hydrogen-bond acceptors (Lipinski definition) is 5. The van der Waals surface area contributed by atoms with E-state index in [1.54, 1.807) is 18.9 Å². The Morgan fingerprint density at radius 1 is 1.30 bits per heavy atom. The van der Waals surface area contributed by atoms with Crippen molar-refractivity contribution in [2.45, 2.75) is 38.6 Å². The van der Waals surface area contributed by atoms with Gasteiger partial charge in [0.25, 0.3) is 5.91 Å². The summed E-state index contributed by atoms with van der Waals surface area (Å²) in [5, 5.41) is 13.4. The molecular formula is C19H25N5O3. The zero-order valence-electron chi connectivity index (χ0n) is 15.7. The summed E-state index contributed by atoms with van der Waals surface area (Å²) in [6, 6.07) is 7.58. The molecule has 2 aromatic rings. The molecule has 1 aliphatic heterocycles. The van der Waals surface area contributed by atoms with E-state index in [2.05, 4.69) is 20.7 Å². The molecule has 8 heteroatoms. The second-order valence-electron chi connectivity index (χ2n) is 6.77. The van der Waals surface area contributed by atoms with Crippen molar-refractivity contribution in [3.8, 4) is 5.75 Å². The maximum Gasteiger partial charge on any atom is 0.276 e. The number of carbonyl (C=O) groups is 2. The average Bonchev–Trinajstić information content (AvgIpc) is 2.95. The fourth-order valence-electron chi connectivity index (χ4n) is 3.33. The van der Waals surface area contributed by atoms with E-state index in [1.807, 2.05) is 24.3 Å². The van der Waals surface area contributed by atoms with E-state index in [4.69, 9.17) is 4.74 Å². The number of aromatic amines is 1. The third-order valence-corrected chi connectivity index (χ3v) is 4.80. The van der Waals surface area contributed by atoms with Gasteiger partial charge in [0.15, 0.2) is 5.69 Å². The van der Waals surface area contributed by atoms with Gasteiger partial charge in [-0.1, -0.05) is 12.1 Å². The lowest BCUT2D eigenvalue weighted by atomic mass is 10.1. The van der Waals surface area contributed by atoms with E-state index in [0.717, 1.165) is 30.6 Å². The summed E-state index contributed by atoms with van der Waals surface area (Å²) in [6.07, 6.45) is 2.74. The Kier molecular flexibility index (Phi) is 6.05. The molecule has 1 unspecified atom stereocenters. The Labute approximate surface area is 158 Å². The van der Waals surface area contributed by atoms with E-state index in [0.29, 0.717) is 30.9 Å². The van der Waals surface area contributed by atoms with Crippen LogP contribution in [0.3, 0.4) is 0 Å². The number of amides is 2. The van der Waals surface area contributed by atoms with Gasteiger partial charge in [-0.2, -0.15) is 15.4 Å². The molecule has 0 aliphatic carbocycles. The summed E-state index contributed by atoms with van der Waals surface area (Å²) in [4.78, 5) is 26.7. The SMILES string of the molecule is COc1cccc(CC(=O)NC2CCCN(C(=O)c3n[nH]nc3C)CC2)c1. The molecule has 1 atom stereocenters. The summed E-state index contributed by atoms with van der Waals surface area (Å²) in [5.74, 6) is 0.622. The third-order valence-electron chi connectivity index (χ3n) is 4.80. The monoisotopic (exact) mass is 371 g/mol. The zero-order chi connectivity index (χ0) is 19.2. The third kappa shape index (κ3) is 4.84. The van der Waals surface area contributed by atoms with Gasteiger partial charge in [-0.3, -0.25) is 9.59 Å². The van der Waals surface area contributed by atoms with Gasteiger partial charge in [0.05, 0.1) is 19.2 Å². The lowest BCUT2D eigenvalue weighted by Crippen LogP contribution is -2.37. The molecule has 0 saturated carbocycles. The highest BCUT2D eigenvalue weighted by Crippen LogP contribution is 2.16. The summed E-state index contributed by atoms with van der Waals surface area (Å²) < 4.78 is 5.20. The van der Waals surface area contributed by atoms with Crippen LogP contribution in [0.15, 0.2) is 24.3 Å². The molecule has 1 aliphatic rings. The number of nitrogens with zero attached hydrogens (tertiary/aromatic N) is 3. The van der Waals surface area contributed by atoms with Crippen molar-refractivity contribution in [1.29, 1.82) is 0 Å². The van der Waals surface area contributed by atoms with Crippen LogP contribution in [0, 0.1) is 6.92 Å². The van der Waals surface area contributed by atoms with Gasteiger partial charge >= 0.3 is 0 Å². The largest absolute Gasteiger partial charge is 0.497 e.